The van der Waals surface area contributed by atoms with E-state index in [0.29, 0.717) is 6.04 Å². The Balaban J connectivity index is 0.00000144. The first-order valence-corrected chi connectivity index (χ1v) is 7.59. The van der Waals surface area contributed by atoms with E-state index in [0.717, 1.165) is 18.7 Å². The Morgan fingerprint density at radius 3 is 2.50 bits per heavy atom. The van der Waals surface area contributed by atoms with Crippen LogP contribution in [0, 0.1) is 0 Å². The van der Waals surface area contributed by atoms with E-state index in [9.17, 15) is 10.2 Å². The molecule has 1 saturated heterocycles. The Morgan fingerprint density at radius 2 is 1.73 bits per heavy atom. The standard InChI is InChI=1S/C18H19NO2.BrH/c20-17-8-7-12(10-18(17)21)15-11-19-9-3-6-16(19)14-5-2-1-4-13(14)15;/h1-2,4-5,7-8,10,15-16,20-21H,3,6,9,11H2;1H/t15?,16-;/m0./s1. The average Bonchev–Trinajstić information content (AvgIpc) is 2.98. The minimum Gasteiger partial charge on any atom is -0.504 e. The molecule has 3 nitrogen and oxygen atoms in total. The van der Waals surface area contributed by atoms with E-state index in [1.165, 1.54) is 24.0 Å². The summed E-state index contributed by atoms with van der Waals surface area (Å²) in [6, 6.07) is 14.4. The van der Waals surface area contributed by atoms with Gasteiger partial charge in [-0.1, -0.05) is 30.3 Å². The highest BCUT2D eigenvalue weighted by Gasteiger charge is 2.36. The predicted molar refractivity (Wildman–Crippen MR) is 91.9 cm³/mol. The second kappa shape index (κ2) is 5.94. The molecule has 2 heterocycles. The number of fused-ring (bicyclic) bond motifs is 3. The van der Waals surface area contributed by atoms with Gasteiger partial charge in [0.2, 0.25) is 0 Å². The van der Waals surface area contributed by atoms with Gasteiger partial charge in [0.05, 0.1) is 0 Å². The van der Waals surface area contributed by atoms with Crippen molar-refractivity contribution in [2.75, 3.05) is 13.1 Å². The molecule has 2 N–H and O–H groups in total. The number of benzene rings is 2. The highest BCUT2D eigenvalue weighted by molar-refractivity contribution is 8.93. The zero-order chi connectivity index (χ0) is 14.4. The number of phenols is 2. The highest BCUT2D eigenvalue weighted by atomic mass is 79.9. The van der Waals surface area contributed by atoms with Crippen molar-refractivity contribution in [3.63, 3.8) is 0 Å². The van der Waals surface area contributed by atoms with Gasteiger partial charge < -0.3 is 10.2 Å². The molecule has 22 heavy (non-hydrogen) atoms. The van der Waals surface area contributed by atoms with E-state index in [2.05, 4.69) is 29.2 Å². The molecule has 0 radical (unpaired) electrons. The fraction of sp³-hybridized carbons (Fsp3) is 0.333. The number of phenolic OH excluding ortho intramolecular Hbond substituents is 2. The van der Waals surface area contributed by atoms with Crippen LogP contribution >= 0.6 is 17.0 Å². The summed E-state index contributed by atoms with van der Waals surface area (Å²) in [5.74, 6) is 0.178. The molecule has 1 fully saturated rings. The number of rotatable bonds is 1. The van der Waals surface area contributed by atoms with Crippen molar-refractivity contribution < 1.29 is 10.2 Å². The van der Waals surface area contributed by atoms with Crippen molar-refractivity contribution in [2.24, 2.45) is 0 Å². The largest absolute Gasteiger partial charge is 0.504 e. The highest BCUT2D eigenvalue weighted by Crippen LogP contribution is 2.44. The van der Waals surface area contributed by atoms with Crippen LogP contribution in [0.3, 0.4) is 0 Å². The van der Waals surface area contributed by atoms with Crippen LogP contribution in [0.1, 0.15) is 41.5 Å². The molecule has 116 valence electrons. The first-order chi connectivity index (χ1) is 10.2. The predicted octanol–water partition coefficient (Wildman–Crippen LogP) is 3.96. The Bertz CT molecular complexity index is 689. The van der Waals surface area contributed by atoms with Crippen molar-refractivity contribution in [3.8, 4) is 11.5 Å². The van der Waals surface area contributed by atoms with Crippen molar-refractivity contribution in [3.05, 3.63) is 59.2 Å². The minimum atomic E-state index is -0.0538. The summed E-state index contributed by atoms with van der Waals surface area (Å²) in [4.78, 5) is 2.55. The lowest BCUT2D eigenvalue weighted by Crippen LogP contribution is -2.34. The Hall–Kier alpha value is -1.52. The van der Waals surface area contributed by atoms with Crippen molar-refractivity contribution in [1.82, 2.24) is 4.90 Å². The van der Waals surface area contributed by atoms with E-state index < -0.39 is 0 Å². The fourth-order valence-corrected chi connectivity index (χ4v) is 3.90. The quantitative estimate of drug-likeness (QED) is 0.755. The molecule has 1 unspecified atom stereocenters. The normalized spacial score (nSPS) is 23.5. The zero-order valence-corrected chi connectivity index (χ0v) is 14.0. The third-order valence-electron chi connectivity index (χ3n) is 4.91. The summed E-state index contributed by atoms with van der Waals surface area (Å²) in [7, 11) is 0. The van der Waals surface area contributed by atoms with Gasteiger partial charge in [-0.15, -0.1) is 17.0 Å². The number of halogens is 1. The van der Waals surface area contributed by atoms with Gasteiger partial charge in [0.1, 0.15) is 0 Å². The molecule has 2 aromatic rings. The molecule has 2 aromatic carbocycles. The van der Waals surface area contributed by atoms with E-state index >= 15 is 0 Å². The van der Waals surface area contributed by atoms with Crippen LogP contribution < -0.4 is 0 Å². The Morgan fingerprint density at radius 1 is 0.955 bits per heavy atom. The average molecular weight is 362 g/mol. The molecule has 2 aliphatic heterocycles. The third-order valence-corrected chi connectivity index (χ3v) is 4.91. The SMILES string of the molecule is Br.Oc1ccc(C2CN3CCC[C@H]3c3ccccc32)cc1O. The summed E-state index contributed by atoms with van der Waals surface area (Å²) in [5, 5.41) is 19.3. The first kappa shape index (κ1) is 15.4. The molecule has 2 aliphatic rings. The Labute approximate surface area is 141 Å². The smallest absolute Gasteiger partial charge is 0.157 e. The van der Waals surface area contributed by atoms with Crippen LogP contribution in [-0.2, 0) is 0 Å². The van der Waals surface area contributed by atoms with Crippen molar-refractivity contribution >= 4 is 17.0 Å². The molecule has 0 saturated carbocycles. The van der Waals surface area contributed by atoms with Crippen LogP contribution in [-0.4, -0.2) is 28.2 Å². The van der Waals surface area contributed by atoms with E-state index in [4.69, 9.17) is 0 Å². The summed E-state index contributed by atoms with van der Waals surface area (Å²) in [5.41, 5.74) is 3.87. The lowest BCUT2D eigenvalue weighted by Gasteiger charge is -2.37. The summed E-state index contributed by atoms with van der Waals surface area (Å²) in [6.45, 7) is 2.14. The zero-order valence-electron chi connectivity index (χ0n) is 12.3. The maximum atomic E-state index is 9.80. The maximum absolute atomic E-state index is 9.80. The number of hydrogen-bond donors (Lipinski definition) is 2. The van der Waals surface area contributed by atoms with Gasteiger partial charge in [-0.25, -0.2) is 0 Å². The molecule has 0 aromatic heterocycles. The van der Waals surface area contributed by atoms with Gasteiger partial charge in [0, 0.05) is 18.5 Å². The molecule has 2 atom stereocenters. The number of aromatic hydroxyl groups is 2. The fourth-order valence-electron chi connectivity index (χ4n) is 3.90. The second-order valence-electron chi connectivity index (χ2n) is 6.08. The summed E-state index contributed by atoms with van der Waals surface area (Å²) in [6.07, 6.45) is 2.50. The monoisotopic (exact) mass is 361 g/mol. The molecule has 0 aliphatic carbocycles. The van der Waals surface area contributed by atoms with Gasteiger partial charge in [-0.3, -0.25) is 4.90 Å². The lowest BCUT2D eigenvalue weighted by molar-refractivity contribution is 0.230. The van der Waals surface area contributed by atoms with Crippen molar-refractivity contribution in [2.45, 2.75) is 24.8 Å². The van der Waals surface area contributed by atoms with Crippen LogP contribution in [0.4, 0.5) is 0 Å². The van der Waals surface area contributed by atoms with Crippen LogP contribution in [0.15, 0.2) is 42.5 Å². The van der Waals surface area contributed by atoms with E-state index in [-0.39, 0.29) is 34.4 Å². The third kappa shape index (κ3) is 2.40. The minimum absolute atomic E-state index is 0. The number of hydrogen-bond acceptors (Lipinski definition) is 3. The molecule has 0 spiro atoms. The summed E-state index contributed by atoms with van der Waals surface area (Å²) >= 11 is 0. The van der Waals surface area contributed by atoms with Crippen LogP contribution in [0.5, 0.6) is 11.5 Å². The molecular weight excluding hydrogens is 342 g/mol. The maximum Gasteiger partial charge on any atom is 0.157 e. The molecule has 0 bridgehead atoms. The lowest BCUT2D eigenvalue weighted by atomic mass is 9.81. The summed E-state index contributed by atoms with van der Waals surface area (Å²) < 4.78 is 0. The van der Waals surface area contributed by atoms with Gasteiger partial charge in [-0.2, -0.15) is 0 Å². The van der Waals surface area contributed by atoms with Crippen LogP contribution in [0.25, 0.3) is 0 Å². The molecular formula is C18H20BrNO2. The van der Waals surface area contributed by atoms with E-state index in [1.54, 1.807) is 12.1 Å². The Kier molecular flexibility index (Phi) is 4.15. The topological polar surface area (TPSA) is 43.7 Å². The molecule has 0 amide bonds. The second-order valence-corrected chi connectivity index (χ2v) is 6.08. The first-order valence-electron chi connectivity index (χ1n) is 7.59. The van der Waals surface area contributed by atoms with Gasteiger partial charge in [0.15, 0.2) is 11.5 Å². The molecule has 4 heteroatoms. The van der Waals surface area contributed by atoms with Gasteiger partial charge >= 0.3 is 0 Å². The van der Waals surface area contributed by atoms with Crippen LogP contribution in [0.2, 0.25) is 0 Å². The van der Waals surface area contributed by atoms with E-state index in [1.807, 2.05) is 6.07 Å². The van der Waals surface area contributed by atoms with Crippen molar-refractivity contribution in [1.29, 1.82) is 0 Å². The van der Waals surface area contributed by atoms with Gasteiger partial charge in [0.25, 0.3) is 0 Å². The number of nitrogens with zero attached hydrogens (tertiary/aromatic N) is 1. The molecule has 4 rings (SSSR count). The van der Waals surface area contributed by atoms with Gasteiger partial charge in [-0.05, 0) is 48.2 Å².